The van der Waals surface area contributed by atoms with Crippen molar-refractivity contribution in [3.8, 4) is 0 Å². The van der Waals surface area contributed by atoms with Gasteiger partial charge in [-0.15, -0.1) is 0 Å². The van der Waals surface area contributed by atoms with E-state index >= 15 is 0 Å². The van der Waals surface area contributed by atoms with Gasteiger partial charge in [0.05, 0.1) is 5.25 Å². The molecule has 4 nitrogen and oxygen atoms in total. The van der Waals surface area contributed by atoms with Gasteiger partial charge in [0.25, 0.3) is 0 Å². The molecule has 0 amide bonds. The Morgan fingerprint density at radius 1 is 1.28 bits per heavy atom. The maximum atomic E-state index is 12.0. The molecule has 0 radical (unpaired) electrons. The summed E-state index contributed by atoms with van der Waals surface area (Å²) < 4.78 is 26.9. The second-order valence-electron chi connectivity index (χ2n) is 5.38. The van der Waals surface area contributed by atoms with Crippen LogP contribution in [0.25, 0.3) is 0 Å². The largest absolute Gasteiger partial charge is 0.313 e. The number of hydrogen-bond acceptors (Lipinski definition) is 4. The summed E-state index contributed by atoms with van der Waals surface area (Å²) in [5, 5.41) is 3.40. The monoisotopic (exact) mass is 292 g/mol. The summed E-state index contributed by atoms with van der Waals surface area (Å²) in [5.74, 6) is 1.17. The molecule has 2 atom stereocenters. The van der Waals surface area contributed by atoms with Crippen molar-refractivity contribution in [2.45, 2.75) is 55.6 Å². The molecule has 0 aromatic heterocycles. The minimum absolute atomic E-state index is 0.341. The molecule has 1 saturated carbocycles. The molecule has 0 aromatic carbocycles. The molecule has 2 rings (SSSR count). The van der Waals surface area contributed by atoms with Gasteiger partial charge in [0.1, 0.15) is 0 Å². The molecule has 1 aliphatic heterocycles. The van der Waals surface area contributed by atoms with Crippen LogP contribution in [-0.2, 0) is 10.0 Å². The molecule has 1 aliphatic carbocycles. The molecule has 18 heavy (non-hydrogen) atoms. The van der Waals surface area contributed by atoms with E-state index in [1.165, 1.54) is 31.4 Å². The zero-order chi connectivity index (χ0) is 13.0. The van der Waals surface area contributed by atoms with Crippen LogP contribution in [0.4, 0.5) is 0 Å². The molecule has 0 bridgehead atoms. The fourth-order valence-corrected chi connectivity index (χ4v) is 4.43. The predicted molar refractivity (Wildman–Crippen MR) is 77.5 cm³/mol. The normalized spacial score (nSPS) is 27.1. The van der Waals surface area contributed by atoms with Gasteiger partial charge < -0.3 is 5.32 Å². The van der Waals surface area contributed by atoms with Crippen molar-refractivity contribution in [1.29, 1.82) is 0 Å². The highest BCUT2D eigenvalue weighted by Crippen LogP contribution is 2.24. The molecule has 1 saturated heterocycles. The van der Waals surface area contributed by atoms with Crippen LogP contribution in [0.5, 0.6) is 0 Å². The minimum Gasteiger partial charge on any atom is -0.313 e. The van der Waals surface area contributed by atoms with E-state index in [9.17, 15) is 8.42 Å². The molecule has 0 spiro atoms. The summed E-state index contributed by atoms with van der Waals surface area (Å²) in [4.78, 5) is 0. The van der Waals surface area contributed by atoms with Crippen molar-refractivity contribution in [3.63, 3.8) is 0 Å². The maximum absolute atomic E-state index is 12.0. The van der Waals surface area contributed by atoms with Gasteiger partial charge >= 0.3 is 0 Å². The van der Waals surface area contributed by atoms with Crippen LogP contribution in [0, 0.1) is 0 Å². The summed E-state index contributed by atoms with van der Waals surface area (Å²) in [5.41, 5.74) is 0. The SMILES string of the molecule is CC(CNC1CC1)S(=O)(=O)NCC1CCCCS1. The van der Waals surface area contributed by atoms with Gasteiger partial charge in [0, 0.05) is 24.4 Å². The number of nitrogens with one attached hydrogen (secondary N) is 2. The standard InChI is InChI=1S/C12H24N2O2S2/c1-10(8-13-11-5-6-11)18(15,16)14-9-12-4-2-3-7-17-12/h10-14H,2-9H2,1H3. The lowest BCUT2D eigenvalue weighted by Gasteiger charge is -2.22. The zero-order valence-electron chi connectivity index (χ0n) is 11.0. The van der Waals surface area contributed by atoms with E-state index in [4.69, 9.17) is 0 Å². The molecule has 1 heterocycles. The molecule has 2 fully saturated rings. The highest BCUT2D eigenvalue weighted by Gasteiger charge is 2.26. The molecular formula is C12H24N2O2S2. The van der Waals surface area contributed by atoms with Gasteiger partial charge in [-0.3, -0.25) is 0 Å². The molecule has 2 N–H and O–H groups in total. The Bertz CT molecular complexity index is 349. The molecule has 6 heteroatoms. The lowest BCUT2D eigenvalue weighted by atomic mass is 10.2. The minimum atomic E-state index is -3.15. The summed E-state index contributed by atoms with van der Waals surface area (Å²) >= 11 is 1.90. The van der Waals surface area contributed by atoms with E-state index < -0.39 is 10.0 Å². The second kappa shape index (κ2) is 6.59. The number of thioether (sulfide) groups is 1. The third-order valence-corrected chi connectivity index (χ3v) is 6.78. The maximum Gasteiger partial charge on any atom is 0.215 e. The van der Waals surface area contributed by atoms with Crippen LogP contribution in [0.15, 0.2) is 0 Å². The predicted octanol–water partition coefficient (Wildman–Crippen LogP) is 1.33. The van der Waals surface area contributed by atoms with Gasteiger partial charge in [0.2, 0.25) is 10.0 Å². The lowest BCUT2D eigenvalue weighted by Crippen LogP contribution is -2.42. The van der Waals surface area contributed by atoms with E-state index in [0.29, 0.717) is 24.4 Å². The molecule has 0 aromatic rings. The summed E-state index contributed by atoms with van der Waals surface area (Å²) in [6, 6.07) is 0.566. The average molecular weight is 292 g/mol. The smallest absolute Gasteiger partial charge is 0.215 e. The highest BCUT2D eigenvalue weighted by atomic mass is 32.2. The van der Waals surface area contributed by atoms with Gasteiger partial charge in [-0.2, -0.15) is 11.8 Å². The average Bonchev–Trinajstić information content (AvgIpc) is 3.19. The third-order valence-electron chi connectivity index (χ3n) is 3.59. The molecule has 2 aliphatic rings. The molecule has 106 valence electrons. The van der Waals surface area contributed by atoms with Crippen molar-refractivity contribution in [1.82, 2.24) is 10.0 Å². The Morgan fingerprint density at radius 2 is 2.06 bits per heavy atom. The number of rotatable bonds is 7. The second-order valence-corrected chi connectivity index (χ2v) is 8.97. The van der Waals surface area contributed by atoms with Crippen molar-refractivity contribution in [3.05, 3.63) is 0 Å². The number of hydrogen-bond donors (Lipinski definition) is 2. The van der Waals surface area contributed by atoms with Crippen LogP contribution in [-0.4, -0.2) is 43.8 Å². The van der Waals surface area contributed by atoms with E-state index in [2.05, 4.69) is 10.0 Å². The summed E-state index contributed by atoms with van der Waals surface area (Å²) in [7, 11) is -3.15. The van der Waals surface area contributed by atoms with Crippen molar-refractivity contribution < 1.29 is 8.42 Å². The van der Waals surface area contributed by atoms with Crippen molar-refractivity contribution in [2.75, 3.05) is 18.8 Å². The first kappa shape index (κ1) is 14.6. The van der Waals surface area contributed by atoms with Crippen LogP contribution in [0.1, 0.15) is 39.0 Å². The number of sulfonamides is 1. The van der Waals surface area contributed by atoms with Crippen LogP contribution >= 0.6 is 11.8 Å². The quantitative estimate of drug-likeness (QED) is 0.743. The first-order chi connectivity index (χ1) is 8.58. The van der Waals surface area contributed by atoms with Crippen LogP contribution in [0.2, 0.25) is 0 Å². The summed E-state index contributed by atoms with van der Waals surface area (Å²) in [6.07, 6.45) is 6.04. The Kier molecular flexibility index (Phi) is 5.35. The Balaban J connectivity index is 1.70. The highest BCUT2D eigenvalue weighted by molar-refractivity contribution is 8.00. The van der Waals surface area contributed by atoms with Crippen LogP contribution < -0.4 is 10.0 Å². The van der Waals surface area contributed by atoms with Gasteiger partial charge in [0.15, 0.2) is 0 Å². The lowest BCUT2D eigenvalue weighted by molar-refractivity contribution is 0.552. The van der Waals surface area contributed by atoms with Gasteiger partial charge in [-0.05, 0) is 38.4 Å². The van der Waals surface area contributed by atoms with E-state index in [0.717, 1.165) is 6.42 Å². The molecule has 2 unspecified atom stereocenters. The Labute approximate surface area is 115 Å². The van der Waals surface area contributed by atoms with Crippen molar-refractivity contribution in [2.24, 2.45) is 0 Å². The fourth-order valence-electron chi connectivity index (χ4n) is 2.05. The van der Waals surface area contributed by atoms with E-state index in [1.807, 2.05) is 11.8 Å². The Morgan fingerprint density at radius 3 is 2.67 bits per heavy atom. The molecular weight excluding hydrogens is 268 g/mol. The summed E-state index contributed by atoms with van der Waals surface area (Å²) in [6.45, 7) is 2.95. The zero-order valence-corrected chi connectivity index (χ0v) is 12.7. The van der Waals surface area contributed by atoms with Crippen LogP contribution in [0.3, 0.4) is 0 Å². The topological polar surface area (TPSA) is 58.2 Å². The third kappa shape index (κ3) is 4.72. The van der Waals surface area contributed by atoms with E-state index in [1.54, 1.807) is 6.92 Å². The van der Waals surface area contributed by atoms with Gasteiger partial charge in [-0.25, -0.2) is 13.1 Å². The first-order valence-corrected chi connectivity index (χ1v) is 9.51. The Hall–Kier alpha value is 0.220. The fraction of sp³-hybridized carbons (Fsp3) is 1.00. The van der Waals surface area contributed by atoms with E-state index in [-0.39, 0.29) is 5.25 Å². The van der Waals surface area contributed by atoms with Crippen molar-refractivity contribution >= 4 is 21.8 Å². The van der Waals surface area contributed by atoms with Gasteiger partial charge in [-0.1, -0.05) is 6.42 Å². The first-order valence-electron chi connectivity index (χ1n) is 6.91.